The van der Waals surface area contributed by atoms with Crippen LogP contribution in [0.5, 0.6) is 0 Å². The first-order valence-corrected chi connectivity index (χ1v) is 5.78. The highest BCUT2D eigenvalue weighted by Gasteiger charge is 2.35. The van der Waals surface area contributed by atoms with Crippen LogP contribution in [0, 0.1) is 0 Å². The monoisotopic (exact) mass is 236 g/mol. The highest BCUT2D eigenvalue weighted by Crippen LogP contribution is 2.30. The van der Waals surface area contributed by atoms with E-state index < -0.39 is 5.41 Å². The first-order valence-electron chi connectivity index (χ1n) is 5.78. The molecular formula is C13H20N2O2. The van der Waals surface area contributed by atoms with Gasteiger partial charge in [-0.05, 0) is 44.5 Å². The van der Waals surface area contributed by atoms with Crippen LogP contribution in [0.2, 0.25) is 0 Å². The smallest absolute Gasteiger partial charge is 0.316 e. The molecule has 0 spiro atoms. The van der Waals surface area contributed by atoms with Gasteiger partial charge in [0.1, 0.15) is 0 Å². The van der Waals surface area contributed by atoms with Crippen molar-refractivity contribution < 1.29 is 9.53 Å². The Bertz CT molecular complexity index is 393. The molecule has 0 radical (unpaired) electrons. The Kier molecular flexibility index (Phi) is 4.52. The second kappa shape index (κ2) is 5.68. The van der Waals surface area contributed by atoms with Crippen LogP contribution in [0.15, 0.2) is 24.3 Å². The van der Waals surface area contributed by atoms with Gasteiger partial charge in [-0.15, -0.1) is 0 Å². The molecule has 4 nitrogen and oxygen atoms in total. The van der Waals surface area contributed by atoms with Gasteiger partial charge in [0.05, 0.1) is 12.0 Å². The maximum absolute atomic E-state index is 12.0. The molecule has 0 aliphatic carbocycles. The summed E-state index contributed by atoms with van der Waals surface area (Å²) in [4.78, 5) is 12.0. The summed E-state index contributed by atoms with van der Waals surface area (Å²) >= 11 is 0. The molecule has 1 unspecified atom stereocenters. The van der Waals surface area contributed by atoms with Crippen molar-refractivity contribution in [2.45, 2.75) is 25.7 Å². The fourth-order valence-electron chi connectivity index (χ4n) is 1.83. The maximum Gasteiger partial charge on any atom is 0.316 e. The average molecular weight is 236 g/mol. The highest BCUT2D eigenvalue weighted by molar-refractivity contribution is 5.83. The van der Waals surface area contributed by atoms with Crippen LogP contribution in [-0.2, 0) is 14.9 Å². The van der Waals surface area contributed by atoms with Crippen molar-refractivity contribution in [1.82, 2.24) is 0 Å². The van der Waals surface area contributed by atoms with E-state index in [1.165, 1.54) is 0 Å². The zero-order valence-corrected chi connectivity index (χ0v) is 10.4. The Balaban J connectivity index is 3.10. The second-order valence-electron chi connectivity index (χ2n) is 4.22. The van der Waals surface area contributed by atoms with Crippen LogP contribution in [0.3, 0.4) is 0 Å². The van der Waals surface area contributed by atoms with Gasteiger partial charge in [0.15, 0.2) is 0 Å². The van der Waals surface area contributed by atoms with E-state index in [4.69, 9.17) is 16.2 Å². The largest absolute Gasteiger partial charge is 0.465 e. The van der Waals surface area contributed by atoms with Crippen molar-refractivity contribution in [2.24, 2.45) is 5.73 Å². The molecule has 4 heteroatoms. The molecule has 1 rings (SSSR count). The van der Waals surface area contributed by atoms with Gasteiger partial charge in [0.2, 0.25) is 0 Å². The van der Waals surface area contributed by atoms with Crippen LogP contribution >= 0.6 is 0 Å². The van der Waals surface area contributed by atoms with E-state index in [2.05, 4.69) is 0 Å². The molecule has 0 heterocycles. The van der Waals surface area contributed by atoms with Gasteiger partial charge >= 0.3 is 5.97 Å². The van der Waals surface area contributed by atoms with Gasteiger partial charge in [-0.3, -0.25) is 4.79 Å². The van der Waals surface area contributed by atoms with E-state index in [0.717, 1.165) is 5.56 Å². The number of ether oxygens (including phenoxy) is 1. The van der Waals surface area contributed by atoms with Crippen molar-refractivity contribution in [3.63, 3.8) is 0 Å². The number of nitrogens with two attached hydrogens (primary N) is 2. The summed E-state index contributed by atoms with van der Waals surface area (Å²) in [5.74, 6) is -0.254. The van der Waals surface area contributed by atoms with E-state index in [-0.39, 0.29) is 5.97 Å². The molecule has 4 N–H and O–H groups in total. The van der Waals surface area contributed by atoms with Gasteiger partial charge in [0, 0.05) is 5.69 Å². The lowest BCUT2D eigenvalue weighted by molar-refractivity contribution is -0.149. The SMILES string of the molecule is CCOC(=O)C(C)(CCN)c1cccc(N)c1. The molecule has 1 aromatic rings. The van der Waals surface area contributed by atoms with E-state index in [0.29, 0.717) is 25.3 Å². The van der Waals surface area contributed by atoms with Crippen molar-refractivity contribution in [3.8, 4) is 0 Å². The third kappa shape index (κ3) is 2.97. The molecule has 0 amide bonds. The number of rotatable bonds is 5. The summed E-state index contributed by atoms with van der Waals surface area (Å²) in [7, 11) is 0. The fourth-order valence-corrected chi connectivity index (χ4v) is 1.83. The molecule has 0 saturated heterocycles. The number of esters is 1. The number of carbonyl (C=O) groups excluding carboxylic acids is 1. The first kappa shape index (κ1) is 13.5. The topological polar surface area (TPSA) is 78.3 Å². The number of nitrogen functional groups attached to an aromatic ring is 1. The van der Waals surface area contributed by atoms with Crippen molar-refractivity contribution in [3.05, 3.63) is 29.8 Å². The Morgan fingerprint density at radius 3 is 2.71 bits per heavy atom. The van der Waals surface area contributed by atoms with Crippen LogP contribution in [0.1, 0.15) is 25.8 Å². The molecule has 0 aromatic heterocycles. The zero-order valence-electron chi connectivity index (χ0n) is 10.4. The van der Waals surface area contributed by atoms with E-state index in [1.54, 1.807) is 19.1 Å². The highest BCUT2D eigenvalue weighted by atomic mass is 16.5. The first-order chi connectivity index (χ1) is 8.04. The molecule has 0 saturated carbocycles. The Morgan fingerprint density at radius 1 is 1.47 bits per heavy atom. The minimum absolute atomic E-state index is 0.254. The number of carbonyl (C=O) groups is 1. The molecule has 0 aliphatic rings. The normalized spacial score (nSPS) is 14.1. The van der Waals surface area contributed by atoms with Crippen LogP contribution < -0.4 is 11.5 Å². The van der Waals surface area contributed by atoms with E-state index in [1.807, 2.05) is 19.1 Å². The molecule has 0 aliphatic heterocycles. The lowest BCUT2D eigenvalue weighted by Gasteiger charge is -2.27. The number of anilines is 1. The van der Waals surface area contributed by atoms with Crippen LogP contribution in [-0.4, -0.2) is 19.1 Å². The lowest BCUT2D eigenvalue weighted by atomic mass is 9.79. The van der Waals surface area contributed by atoms with E-state index >= 15 is 0 Å². The van der Waals surface area contributed by atoms with Crippen LogP contribution in [0.4, 0.5) is 5.69 Å². The predicted octanol–water partition coefficient (Wildman–Crippen LogP) is 1.44. The Morgan fingerprint density at radius 2 is 2.18 bits per heavy atom. The van der Waals surface area contributed by atoms with Gasteiger partial charge in [-0.2, -0.15) is 0 Å². The second-order valence-corrected chi connectivity index (χ2v) is 4.22. The molecule has 0 fully saturated rings. The molecule has 1 atom stereocenters. The summed E-state index contributed by atoms with van der Waals surface area (Å²) < 4.78 is 5.12. The minimum atomic E-state index is -0.722. The predicted molar refractivity (Wildman–Crippen MR) is 68.5 cm³/mol. The van der Waals surface area contributed by atoms with Crippen LogP contribution in [0.25, 0.3) is 0 Å². The summed E-state index contributed by atoms with van der Waals surface area (Å²) in [6.45, 7) is 4.41. The summed E-state index contributed by atoms with van der Waals surface area (Å²) in [6.07, 6.45) is 0.537. The molecule has 17 heavy (non-hydrogen) atoms. The standard InChI is InChI=1S/C13H20N2O2/c1-3-17-12(16)13(2,7-8-14)10-5-4-6-11(15)9-10/h4-6,9H,3,7-8,14-15H2,1-2H3. The fraction of sp³-hybridized carbons (Fsp3) is 0.462. The molecule has 0 bridgehead atoms. The summed E-state index contributed by atoms with van der Waals surface area (Å²) in [5, 5.41) is 0. The van der Waals surface area contributed by atoms with Crippen molar-refractivity contribution in [1.29, 1.82) is 0 Å². The van der Waals surface area contributed by atoms with Gasteiger partial charge < -0.3 is 16.2 Å². The summed E-state index contributed by atoms with van der Waals surface area (Å²) in [5.41, 5.74) is 12.1. The van der Waals surface area contributed by atoms with Gasteiger partial charge in [-0.1, -0.05) is 12.1 Å². The maximum atomic E-state index is 12.0. The Hall–Kier alpha value is -1.55. The third-order valence-corrected chi connectivity index (χ3v) is 2.89. The third-order valence-electron chi connectivity index (χ3n) is 2.89. The number of benzene rings is 1. The zero-order chi connectivity index (χ0) is 12.9. The van der Waals surface area contributed by atoms with Crippen molar-refractivity contribution >= 4 is 11.7 Å². The Labute approximate surface area is 102 Å². The molecular weight excluding hydrogens is 216 g/mol. The number of hydrogen-bond acceptors (Lipinski definition) is 4. The van der Waals surface area contributed by atoms with Gasteiger partial charge in [-0.25, -0.2) is 0 Å². The number of hydrogen-bond donors (Lipinski definition) is 2. The summed E-state index contributed by atoms with van der Waals surface area (Å²) in [6, 6.07) is 7.30. The lowest BCUT2D eigenvalue weighted by Crippen LogP contribution is -2.36. The minimum Gasteiger partial charge on any atom is -0.465 e. The molecule has 1 aromatic carbocycles. The molecule has 94 valence electrons. The quantitative estimate of drug-likeness (QED) is 0.599. The average Bonchev–Trinajstić information content (AvgIpc) is 2.29. The van der Waals surface area contributed by atoms with E-state index in [9.17, 15) is 4.79 Å². The van der Waals surface area contributed by atoms with Gasteiger partial charge in [0.25, 0.3) is 0 Å². The van der Waals surface area contributed by atoms with Crippen molar-refractivity contribution in [2.75, 3.05) is 18.9 Å².